The second-order valence-electron chi connectivity index (χ2n) is 8.58. The predicted molar refractivity (Wildman–Crippen MR) is 129 cm³/mol. The molecule has 0 unspecified atom stereocenters. The van der Waals surface area contributed by atoms with Crippen LogP contribution in [-0.2, 0) is 13.1 Å². The Morgan fingerprint density at radius 1 is 0.941 bits per heavy atom. The second kappa shape index (κ2) is 8.67. The summed E-state index contributed by atoms with van der Waals surface area (Å²) in [6.45, 7) is 6.81. The Balaban J connectivity index is 1.32. The molecule has 0 aliphatic carbocycles. The average molecular weight is 456 g/mol. The third-order valence-corrected chi connectivity index (χ3v) is 6.17. The molecule has 0 spiro atoms. The molecular formula is C27H25N3O4. The predicted octanol–water partition coefficient (Wildman–Crippen LogP) is 4.03. The molecule has 34 heavy (non-hydrogen) atoms. The Bertz CT molecular complexity index is 1470. The number of hydrogen-bond donors (Lipinski definition) is 1. The first-order valence-electron chi connectivity index (χ1n) is 11.1. The van der Waals surface area contributed by atoms with Crippen LogP contribution >= 0.6 is 0 Å². The van der Waals surface area contributed by atoms with Crippen LogP contribution in [-0.4, -0.2) is 22.3 Å². The molecule has 5 rings (SSSR count). The van der Waals surface area contributed by atoms with E-state index in [0.29, 0.717) is 35.8 Å². The summed E-state index contributed by atoms with van der Waals surface area (Å²) in [5.74, 6) is 1.24. The number of ether oxygens (including phenoxy) is 2. The van der Waals surface area contributed by atoms with Crippen molar-refractivity contribution < 1.29 is 14.3 Å². The Morgan fingerprint density at radius 2 is 1.65 bits per heavy atom. The van der Waals surface area contributed by atoms with Crippen LogP contribution in [0.15, 0.2) is 59.4 Å². The highest BCUT2D eigenvalue weighted by atomic mass is 16.7. The molecule has 172 valence electrons. The van der Waals surface area contributed by atoms with E-state index in [1.165, 1.54) is 0 Å². The first-order valence-corrected chi connectivity index (χ1v) is 11.1. The first-order chi connectivity index (χ1) is 16.4. The topological polar surface area (TPSA) is 82.5 Å². The van der Waals surface area contributed by atoms with Crippen LogP contribution in [0.25, 0.3) is 11.0 Å². The summed E-state index contributed by atoms with van der Waals surface area (Å²) in [5, 5.41) is 2.93. The molecule has 4 aromatic rings. The fourth-order valence-electron chi connectivity index (χ4n) is 4.06. The van der Waals surface area contributed by atoms with Gasteiger partial charge in [0.1, 0.15) is 5.69 Å². The van der Waals surface area contributed by atoms with Gasteiger partial charge in [0.2, 0.25) is 6.79 Å². The van der Waals surface area contributed by atoms with Gasteiger partial charge in [-0.3, -0.25) is 9.59 Å². The number of carbonyl (C=O) groups is 1. The molecule has 0 saturated carbocycles. The summed E-state index contributed by atoms with van der Waals surface area (Å²) >= 11 is 0. The van der Waals surface area contributed by atoms with Crippen LogP contribution in [0.2, 0.25) is 0 Å². The molecule has 1 aliphatic heterocycles. The van der Waals surface area contributed by atoms with Gasteiger partial charge in [-0.25, -0.2) is 4.98 Å². The van der Waals surface area contributed by atoms with Crippen LogP contribution in [0.1, 0.15) is 38.3 Å². The van der Waals surface area contributed by atoms with Gasteiger partial charge in [-0.05, 0) is 79.4 Å². The minimum Gasteiger partial charge on any atom is -0.454 e. The van der Waals surface area contributed by atoms with Crippen molar-refractivity contribution >= 4 is 16.9 Å². The summed E-state index contributed by atoms with van der Waals surface area (Å²) in [4.78, 5) is 30.0. The molecule has 3 aromatic carbocycles. The minimum absolute atomic E-state index is 0.110. The van der Waals surface area contributed by atoms with E-state index in [4.69, 9.17) is 9.47 Å². The lowest BCUT2D eigenvalue weighted by Crippen LogP contribution is -2.25. The Kier molecular flexibility index (Phi) is 5.53. The quantitative estimate of drug-likeness (QED) is 0.491. The number of hydrogen-bond acceptors (Lipinski definition) is 5. The molecule has 0 atom stereocenters. The molecule has 7 heteroatoms. The second-order valence-corrected chi connectivity index (χ2v) is 8.58. The third kappa shape index (κ3) is 4.12. The molecule has 1 aliphatic rings. The lowest BCUT2D eigenvalue weighted by molar-refractivity contribution is 0.0951. The molecule has 1 N–H and O–H groups in total. The maximum atomic E-state index is 12.9. The molecule has 7 nitrogen and oxygen atoms in total. The third-order valence-electron chi connectivity index (χ3n) is 6.17. The molecule has 0 fully saturated rings. The van der Waals surface area contributed by atoms with Crippen LogP contribution in [0.5, 0.6) is 11.5 Å². The van der Waals surface area contributed by atoms with Crippen molar-refractivity contribution in [2.45, 2.75) is 33.9 Å². The number of rotatable bonds is 5. The number of aromatic nitrogens is 2. The van der Waals surface area contributed by atoms with E-state index in [-0.39, 0.29) is 18.3 Å². The van der Waals surface area contributed by atoms with Crippen molar-refractivity contribution in [1.82, 2.24) is 14.9 Å². The smallest absolute Gasteiger partial charge is 0.272 e. The van der Waals surface area contributed by atoms with Gasteiger partial charge in [-0.2, -0.15) is 0 Å². The summed E-state index contributed by atoms with van der Waals surface area (Å²) in [6, 6.07) is 17.0. The van der Waals surface area contributed by atoms with E-state index in [2.05, 4.69) is 10.3 Å². The van der Waals surface area contributed by atoms with Crippen molar-refractivity contribution in [2.75, 3.05) is 6.79 Å². The lowest BCUT2D eigenvalue weighted by Gasteiger charge is -2.13. The van der Waals surface area contributed by atoms with Gasteiger partial charge in [-0.15, -0.1) is 0 Å². The van der Waals surface area contributed by atoms with Crippen LogP contribution in [0, 0.1) is 20.8 Å². The van der Waals surface area contributed by atoms with E-state index in [1.807, 2.05) is 56.3 Å². The Morgan fingerprint density at radius 3 is 2.44 bits per heavy atom. The van der Waals surface area contributed by atoms with E-state index in [1.54, 1.807) is 23.6 Å². The lowest BCUT2D eigenvalue weighted by atomic mass is 10.1. The standard InChI is InChI=1S/C27H25N3O4/c1-16-10-22-23(11-17(16)2)30(27(32)18(3)29-22)14-19-4-7-21(8-5-19)26(31)28-13-20-6-9-24-25(12-20)34-15-33-24/h4-12H,13-15H2,1-3H3,(H,28,31). The van der Waals surface area contributed by atoms with Gasteiger partial charge in [0, 0.05) is 12.1 Å². The van der Waals surface area contributed by atoms with Gasteiger partial charge >= 0.3 is 0 Å². The number of aryl methyl sites for hydroxylation is 3. The molecule has 0 saturated heterocycles. The molecular weight excluding hydrogens is 430 g/mol. The average Bonchev–Trinajstić information content (AvgIpc) is 3.30. The maximum Gasteiger partial charge on any atom is 0.272 e. The van der Waals surface area contributed by atoms with Crippen LogP contribution in [0.3, 0.4) is 0 Å². The Labute approximate surface area is 197 Å². The summed E-state index contributed by atoms with van der Waals surface area (Å²) in [7, 11) is 0. The van der Waals surface area contributed by atoms with E-state index >= 15 is 0 Å². The van der Waals surface area contributed by atoms with Gasteiger partial charge in [0.15, 0.2) is 11.5 Å². The molecule has 0 bridgehead atoms. The number of carbonyl (C=O) groups excluding carboxylic acids is 1. The maximum absolute atomic E-state index is 12.9. The first kappa shape index (κ1) is 21.7. The number of nitrogens with one attached hydrogen (secondary N) is 1. The van der Waals surface area contributed by atoms with Gasteiger partial charge in [0.05, 0.1) is 17.6 Å². The highest BCUT2D eigenvalue weighted by molar-refractivity contribution is 5.94. The number of nitrogens with zero attached hydrogens (tertiary/aromatic N) is 2. The zero-order valence-electron chi connectivity index (χ0n) is 19.3. The van der Waals surface area contributed by atoms with Gasteiger partial charge in [0.25, 0.3) is 11.5 Å². The summed E-state index contributed by atoms with van der Waals surface area (Å²) in [5.41, 5.74) is 6.64. The number of fused-ring (bicyclic) bond motifs is 2. The molecule has 2 heterocycles. The summed E-state index contributed by atoms with van der Waals surface area (Å²) < 4.78 is 12.4. The zero-order chi connectivity index (χ0) is 23.8. The Hall–Kier alpha value is -4.13. The van der Waals surface area contributed by atoms with Crippen molar-refractivity contribution in [3.8, 4) is 11.5 Å². The molecule has 1 amide bonds. The number of amides is 1. The van der Waals surface area contributed by atoms with Crippen LogP contribution in [0.4, 0.5) is 0 Å². The fraction of sp³-hybridized carbons (Fsp3) is 0.222. The van der Waals surface area contributed by atoms with Crippen molar-refractivity contribution in [3.05, 3.63) is 98.5 Å². The van der Waals surface area contributed by atoms with E-state index in [9.17, 15) is 9.59 Å². The number of benzene rings is 3. The SMILES string of the molecule is Cc1cc2nc(C)c(=O)n(Cc3ccc(C(=O)NCc4ccc5c(c4)OCO5)cc3)c2cc1C. The zero-order valence-corrected chi connectivity index (χ0v) is 19.3. The largest absolute Gasteiger partial charge is 0.454 e. The van der Waals surface area contributed by atoms with Crippen molar-refractivity contribution in [2.24, 2.45) is 0 Å². The molecule has 1 aromatic heterocycles. The highest BCUT2D eigenvalue weighted by Gasteiger charge is 2.14. The van der Waals surface area contributed by atoms with Crippen molar-refractivity contribution in [1.29, 1.82) is 0 Å². The van der Waals surface area contributed by atoms with E-state index < -0.39 is 0 Å². The van der Waals surface area contributed by atoms with E-state index in [0.717, 1.165) is 33.3 Å². The normalized spacial score (nSPS) is 12.2. The van der Waals surface area contributed by atoms with Gasteiger partial charge < -0.3 is 19.4 Å². The minimum atomic E-state index is -0.169. The summed E-state index contributed by atoms with van der Waals surface area (Å²) in [6.07, 6.45) is 0. The molecule has 0 radical (unpaired) electrons. The fourth-order valence-corrected chi connectivity index (χ4v) is 4.06. The van der Waals surface area contributed by atoms with Crippen LogP contribution < -0.4 is 20.3 Å². The van der Waals surface area contributed by atoms with Crippen molar-refractivity contribution in [3.63, 3.8) is 0 Å². The monoisotopic (exact) mass is 455 g/mol. The van der Waals surface area contributed by atoms with Gasteiger partial charge in [-0.1, -0.05) is 18.2 Å². The highest BCUT2D eigenvalue weighted by Crippen LogP contribution is 2.32.